The van der Waals surface area contributed by atoms with E-state index in [2.05, 4.69) is 0 Å². The lowest BCUT2D eigenvalue weighted by atomic mass is 9.81. The van der Waals surface area contributed by atoms with Crippen LogP contribution in [0.15, 0.2) is 0 Å². The second-order valence-electron chi connectivity index (χ2n) is 5.36. The number of amides is 2. The van der Waals surface area contributed by atoms with E-state index in [4.69, 9.17) is 5.11 Å². The van der Waals surface area contributed by atoms with Gasteiger partial charge in [0.2, 0.25) is 11.8 Å². The van der Waals surface area contributed by atoms with Crippen molar-refractivity contribution in [1.29, 1.82) is 0 Å². The molecule has 0 unspecified atom stereocenters. The Hall–Kier alpha value is -1.39. The predicted octanol–water partition coefficient (Wildman–Crippen LogP) is 0.492. The molecule has 5 nitrogen and oxygen atoms in total. The molecule has 2 bridgehead atoms. The maximum atomic E-state index is 12.1. The van der Waals surface area contributed by atoms with Crippen LogP contribution in [0, 0.1) is 23.7 Å². The van der Waals surface area contributed by atoms with Crippen LogP contribution in [0.2, 0.25) is 0 Å². The maximum absolute atomic E-state index is 12.1. The Balaban J connectivity index is 1.78. The second-order valence-corrected chi connectivity index (χ2v) is 5.36. The second kappa shape index (κ2) is 3.55. The largest absolute Gasteiger partial charge is 0.481 e. The summed E-state index contributed by atoms with van der Waals surface area (Å²) in [6.07, 6.45) is 2.97. The van der Waals surface area contributed by atoms with Gasteiger partial charge in [-0.1, -0.05) is 0 Å². The number of nitrogens with zero attached hydrogens (tertiary/aromatic N) is 1. The molecule has 2 aliphatic carbocycles. The van der Waals surface area contributed by atoms with Crippen molar-refractivity contribution >= 4 is 17.8 Å². The molecule has 0 spiro atoms. The van der Waals surface area contributed by atoms with Gasteiger partial charge in [0.25, 0.3) is 0 Å². The van der Waals surface area contributed by atoms with Gasteiger partial charge in [-0.15, -0.1) is 0 Å². The predicted molar refractivity (Wildman–Crippen MR) is 56.8 cm³/mol. The quantitative estimate of drug-likeness (QED) is 0.725. The summed E-state index contributed by atoms with van der Waals surface area (Å²) in [4.78, 5) is 35.9. The molecular formula is C12H15NO4. The topological polar surface area (TPSA) is 74.7 Å². The van der Waals surface area contributed by atoms with E-state index in [1.165, 1.54) is 4.90 Å². The number of carboxylic acids is 1. The lowest BCUT2D eigenvalue weighted by molar-refractivity contribution is -0.142. The number of hydrogen-bond acceptors (Lipinski definition) is 3. The molecule has 1 saturated heterocycles. The van der Waals surface area contributed by atoms with Crippen molar-refractivity contribution in [2.75, 3.05) is 6.54 Å². The van der Waals surface area contributed by atoms with Crippen molar-refractivity contribution in [2.45, 2.75) is 25.7 Å². The van der Waals surface area contributed by atoms with Crippen LogP contribution in [0.1, 0.15) is 25.7 Å². The fourth-order valence-electron chi connectivity index (χ4n) is 3.90. The third kappa shape index (κ3) is 1.41. The maximum Gasteiger partial charge on any atom is 0.305 e. The molecule has 2 amide bonds. The Morgan fingerprint density at radius 3 is 2.18 bits per heavy atom. The highest BCUT2D eigenvalue weighted by Crippen LogP contribution is 2.56. The van der Waals surface area contributed by atoms with Crippen LogP contribution >= 0.6 is 0 Å². The van der Waals surface area contributed by atoms with Crippen molar-refractivity contribution in [3.8, 4) is 0 Å². The molecule has 0 aromatic rings. The zero-order valence-electron chi connectivity index (χ0n) is 9.46. The number of carbonyl (C=O) groups excluding carboxylic acids is 2. The summed E-state index contributed by atoms with van der Waals surface area (Å²) < 4.78 is 0. The molecule has 5 heteroatoms. The lowest BCUT2D eigenvalue weighted by Crippen LogP contribution is -2.34. The molecule has 1 N–H and O–H groups in total. The number of aliphatic carboxylic acids is 1. The third-order valence-electron chi connectivity index (χ3n) is 4.57. The highest BCUT2D eigenvalue weighted by molar-refractivity contribution is 6.06. The van der Waals surface area contributed by atoms with Crippen molar-refractivity contribution in [3.05, 3.63) is 0 Å². The van der Waals surface area contributed by atoms with E-state index in [9.17, 15) is 14.4 Å². The average molecular weight is 237 g/mol. The van der Waals surface area contributed by atoms with Gasteiger partial charge < -0.3 is 5.11 Å². The molecule has 1 aliphatic heterocycles. The zero-order valence-corrected chi connectivity index (χ0v) is 9.46. The number of fused-ring (bicyclic) bond motifs is 5. The molecule has 0 radical (unpaired) electrons. The van der Waals surface area contributed by atoms with Gasteiger partial charge in [0.05, 0.1) is 18.3 Å². The number of hydrogen-bond donors (Lipinski definition) is 1. The summed E-state index contributed by atoms with van der Waals surface area (Å²) in [7, 11) is 0. The summed E-state index contributed by atoms with van der Waals surface area (Å²) in [6.45, 7) is 0.0411. The Labute approximate surface area is 98.8 Å². The molecule has 3 fully saturated rings. The monoisotopic (exact) mass is 237 g/mol. The van der Waals surface area contributed by atoms with E-state index in [1.54, 1.807) is 0 Å². The summed E-state index contributed by atoms with van der Waals surface area (Å²) >= 11 is 0. The molecule has 0 aromatic heterocycles. The van der Waals surface area contributed by atoms with E-state index in [0.717, 1.165) is 19.3 Å². The minimum absolute atomic E-state index is 0.0411. The van der Waals surface area contributed by atoms with E-state index in [0.29, 0.717) is 11.8 Å². The van der Waals surface area contributed by atoms with Crippen molar-refractivity contribution < 1.29 is 19.5 Å². The molecule has 3 aliphatic rings. The first-order valence-electron chi connectivity index (χ1n) is 6.16. The number of likely N-dealkylation sites (tertiary alicyclic amines) is 1. The van der Waals surface area contributed by atoms with Crippen LogP contribution in [0.4, 0.5) is 0 Å². The molecule has 92 valence electrons. The number of imide groups is 1. The zero-order chi connectivity index (χ0) is 12.2. The molecule has 2 saturated carbocycles. The normalized spacial score (nSPS) is 38.9. The molecular weight excluding hydrogens is 222 g/mol. The first-order valence-corrected chi connectivity index (χ1v) is 6.16. The van der Waals surface area contributed by atoms with Crippen molar-refractivity contribution in [3.63, 3.8) is 0 Å². The van der Waals surface area contributed by atoms with Crippen molar-refractivity contribution in [1.82, 2.24) is 4.90 Å². The van der Waals surface area contributed by atoms with Crippen LogP contribution in [0.3, 0.4) is 0 Å². The van der Waals surface area contributed by atoms with Crippen LogP contribution in [0.25, 0.3) is 0 Å². The van der Waals surface area contributed by atoms with Crippen LogP contribution in [0.5, 0.6) is 0 Å². The van der Waals surface area contributed by atoms with E-state index < -0.39 is 5.97 Å². The van der Waals surface area contributed by atoms with Gasteiger partial charge >= 0.3 is 5.97 Å². The van der Waals surface area contributed by atoms with Gasteiger partial charge in [-0.05, 0) is 31.1 Å². The third-order valence-corrected chi connectivity index (χ3v) is 4.57. The fourth-order valence-corrected chi connectivity index (χ4v) is 3.90. The standard InChI is InChI=1S/C12H15NO4/c14-8(15)3-4-13-11(16)9-6-1-2-7(5-6)10(9)12(13)17/h6-7,9-10H,1-5H2,(H,14,15)/t6-,7+,9-,10-/m1/s1. The summed E-state index contributed by atoms with van der Waals surface area (Å²) in [6, 6.07) is 0. The minimum atomic E-state index is -0.967. The van der Waals surface area contributed by atoms with Gasteiger partial charge in [0.1, 0.15) is 0 Å². The Morgan fingerprint density at radius 2 is 1.71 bits per heavy atom. The number of carbonyl (C=O) groups is 3. The van der Waals surface area contributed by atoms with Crippen molar-refractivity contribution in [2.24, 2.45) is 23.7 Å². The van der Waals surface area contributed by atoms with Gasteiger partial charge in [0.15, 0.2) is 0 Å². The minimum Gasteiger partial charge on any atom is -0.481 e. The van der Waals surface area contributed by atoms with Gasteiger partial charge in [0, 0.05) is 6.54 Å². The van der Waals surface area contributed by atoms with Gasteiger partial charge in [-0.2, -0.15) is 0 Å². The highest BCUT2D eigenvalue weighted by atomic mass is 16.4. The lowest BCUT2D eigenvalue weighted by Gasteiger charge is -2.19. The Kier molecular flexibility index (Phi) is 2.24. The first kappa shape index (κ1) is 10.7. The van der Waals surface area contributed by atoms with Crippen LogP contribution in [-0.4, -0.2) is 34.3 Å². The van der Waals surface area contributed by atoms with E-state index in [-0.39, 0.29) is 36.6 Å². The van der Waals surface area contributed by atoms with E-state index in [1.807, 2.05) is 0 Å². The molecule has 4 atom stereocenters. The smallest absolute Gasteiger partial charge is 0.305 e. The molecule has 1 heterocycles. The molecule has 3 rings (SSSR count). The fraction of sp³-hybridized carbons (Fsp3) is 0.750. The summed E-state index contributed by atoms with van der Waals surface area (Å²) in [5.74, 6) is -0.717. The van der Waals surface area contributed by atoms with Gasteiger partial charge in [-0.25, -0.2) is 0 Å². The van der Waals surface area contributed by atoms with E-state index >= 15 is 0 Å². The Morgan fingerprint density at radius 1 is 1.18 bits per heavy atom. The average Bonchev–Trinajstić information content (AvgIpc) is 2.92. The SMILES string of the molecule is O=C(O)CCN1C(=O)[C@@H]2[C@@H]3CC[C@@H](C3)[C@H]2C1=O. The molecule has 17 heavy (non-hydrogen) atoms. The number of carboxylic acid groups (broad SMARTS) is 1. The summed E-state index contributed by atoms with van der Waals surface area (Å²) in [5, 5.41) is 8.62. The van der Waals surface area contributed by atoms with Gasteiger partial charge in [-0.3, -0.25) is 19.3 Å². The molecule has 0 aromatic carbocycles. The first-order chi connectivity index (χ1) is 8.09. The van der Waals surface area contributed by atoms with Crippen LogP contribution in [-0.2, 0) is 14.4 Å². The highest BCUT2D eigenvalue weighted by Gasteiger charge is 2.60. The number of rotatable bonds is 3. The Bertz CT molecular complexity index is 377. The summed E-state index contributed by atoms with van der Waals surface area (Å²) in [5.41, 5.74) is 0. The van der Waals surface area contributed by atoms with Crippen LogP contribution < -0.4 is 0 Å².